The summed E-state index contributed by atoms with van der Waals surface area (Å²) in [4.78, 5) is 4.07. The number of nitrogen functional groups attached to an aromatic ring is 1. The molecule has 0 radical (unpaired) electrons. The SMILES string of the molecule is CCc1ccc(OC)c(-c2c(Cl)nc(N)n2C)c1. The van der Waals surface area contributed by atoms with E-state index in [0.717, 1.165) is 23.4 Å². The molecule has 0 saturated carbocycles. The summed E-state index contributed by atoms with van der Waals surface area (Å²) in [6, 6.07) is 6.03. The van der Waals surface area contributed by atoms with Gasteiger partial charge in [0.1, 0.15) is 5.75 Å². The number of aryl methyl sites for hydroxylation is 1. The number of anilines is 1. The van der Waals surface area contributed by atoms with Crippen LogP contribution in [0.25, 0.3) is 11.3 Å². The lowest BCUT2D eigenvalue weighted by Gasteiger charge is -2.11. The summed E-state index contributed by atoms with van der Waals surface area (Å²) < 4.78 is 7.14. The van der Waals surface area contributed by atoms with E-state index >= 15 is 0 Å². The Kier molecular flexibility index (Phi) is 3.48. The summed E-state index contributed by atoms with van der Waals surface area (Å²) in [6.07, 6.45) is 0.946. The van der Waals surface area contributed by atoms with E-state index in [1.54, 1.807) is 11.7 Å². The van der Waals surface area contributed by atoms with Gasteiger partial charge in [-0.1, -0.05) is 24.6 Å². The molecule has 0 bridgehead atoms. The van der Waals surface area contributed by atoms with Crippen LogP contribution in [0.15, 0.2) is 18.2 Å². The van der Waals surface area contributed by atoms with Crippen LogP contribution in [0.1, 0.15) is 12.5 Å². The summed E-state index contributed by atoms with van der Waals surface area (Å²) in [5.74, 6) is 1.15. The van der Waals surface area contributed by atoms with Crippen molar-refractivity contribution in [3.8, 4) is 17.0 Å². The highest BCUT2D eigenvalue weighted by atomic mass is 35.5. The average Bonchev–Trinajstić information content (AvgIpc) is 2.62. The standard InChI is InChI=1S/C13H16ClN3O/c1-4-8-5-6-10(18-3)9(7-8)11-12(14)16-13(15)17(11)2/h5-7H,4H2,1-3H3,(H2,15,16). The zero-order valence-electron chi connectivity index (χ0n) is 10.7. The first-order valence-corrected chi connectivity index (χ1v) is 6.11. The lowest BCUT2D eigenvalue weighted by molar-refractivity contribution is 0.416. The van der Waals surface area contributed by atoms with Crippen LogP contribution in [0, 0.1) is 0 Å². The number of nitrogens with two attached hydrogens (primary N) is 1. The van der Waals surface area contributed by atoms with Gasteiger partial charge in [0.05, 0.1) is 12.8 Å². The van der Waals surface area contributed by atoms with Crippen molar-refractivity contribution in [1.82, 2.24) is 9.55 Å². The Hall–Kier alpha value is -1.68. The Bertz CT molecular complexity index is 578. The second kappa shape index (κ2) is 4.90. The third-order valence-electron chi connectivity index (χ3n) is 3.01. The largest absolute Gasteiger partial charge is 0.496 e. The molecule has 0 fully saturated rings. The summed E-state index contributed by atoms with van der Waals surface area (Å²) >= 11 is 6.14. The molecule has 1 aromatic heterocycles. The van der Waals surface area contributed by atoms with Crippen molar-refractivity contribution in [1.29, 1.82) is 0 Å². The molecule has 5 heteroatoms. The topological polar surface area (TPSA) is 53.1 Å². The normalized spacial score (nSPS) is 10.7. The smallest absolute Gasteiger partial charge is 0.201 e. The quantitative estimate of drug-likeness (QED) is 0.928. The number of aromatic nitrogens is 2. The Morgan fingerprint density at radius 3 is 2.67 bits per heavy atom. The summed E-state index contributed by atoms with van der Waals surface area (Å²) in [5.41, 5.74) is 8.67. The van der Waals surface area contributed by atoms with E-state index in [9.17, 15) is 0 Å². The third kappa shape index (κ3) is 2.04. The number of ether oxygens (including phenoxy) is 1. The third-order valence-corrected chi connectivity index (χ3v) is 3.28. The van der Waals surface area contributed by atoms with Gasteiger partial charge >= 0.3 is 0 Å². The van der Waals surface area contributed by atoms with Gasteiger partial charge in [-0.3, -0.25) is 0 Å². The first-order valence-electron chi connectivity index (χ1n) is 5.73. The molecule has 0 unspecified atom stereocenters. The van der Waals surface area contributed by atoms with Crippen molar-refractivity contribution in [2.75, 3.05) is 12.8 Å². The number of hydrogen-bond acceptors (Lipinski definition) is 3. The van der Waals surface area contributed by atoms with Gasteiger partial charge in [-0.15, -0.1) is 0 Å². The van der Waals surface area contributed by atoms with E-state index in [0.29, 0.717) is 11.1 Å². The van der Waals surface area contributed by atoms with Crippen LogP contribution < -0.4 is 10.5 Å². The Morgan fingerprint density at radius 2 is 2.17 bits per heavy atom. The van der Waals surface area contributed by atoms with Gasteiger partial charge in [0.25, 0.3) is 0 Å². The van der Waals surface area contributed by atoms with E-state index in [4.69, 9.17) is 22.1 Å². The van der Waals surface area contributed by atoms with Crippen LogP contribution in [-0.2, 0) is 13.5 Å². The van der Waals surface area contributed by atoms with Crippen LogP contribution >= 0.6 is 11.6 Å². The number of halogens is 1. The van der Waals surface area contributed by atoms with Crippen LogP contribution in [0.2, 0.25) is 5.15 Å². The van der Waals surface area contributed by atoms with Crippen molar-refractivity contribution in [2.24, 2.45) is 7.05 Å². The highest BCUT2D eigenvalue weighted by Crippen LogP contribution is 2.36. The van der Waals surface area contributed by atoms with Gasteiger partial charge in [0, 0.05) is 12.6 Å². The second-order valence-electron chi connectivity index (χ2n) is 4.06. The molecular weight excluding hydrogens is 250 g/mol. The highest BCUT2D eigenvalue weighted by molar-refractivity contribution is 6.32. The molecule has 4 nitrogen and oxygen atoms in total. The molecular formula is C13H16ClN3O. The lowest BCUT2D eigenvalue weighted by atomic mass is 10.1. The number of nitrogens with zero attached hydrogens (tertiary/aromatic N) is 2. The van der Waals surface area contributed by atoms with Gasteiger partial charge < -0.3 is 15.0 Å². The fourth-order valence-corrected chi connectivity index (χ4v) is 2.25. The number of methoxy groups -OCH3 is 1. The van der Waals surface area contributed by atoms with Crippen molar-refractivity contribution in [3.05, 3.63) is 28.9 Å². The van der Waals surface area contributed by atoms with E-state index in [1.165, 1.54) is 5.56 Å². The molecule has 2 N–H and O–H groups in total. The molecule has 0 aliphatic carbocycles. The zero-order valence-corrected chi connectivity index (χ0v) is 11.5. The van der Waals surface area contributed by atoms with Gasteiger partial charge in [-0.25, -0.2) is 4.98 Å². The zero-order chi connectivity index (χ0) is 13.3. The monoisotopic (exact) mass is 265 g/mol. The first kappa shape index (κ1) is 12.8. The summed E-state index contributed by atoms with van der Waals surface area (Å²) in [6.45, 7) is 2.10. The number of imidazole rings is 1. The molecule has 96 valence electrons. The number of benzene rings is 1. The molecule has 0 atom stereocenters. The van der Waals surface area contributed by atoms with E-state index in [2.05, 4.69) is 18.0 Å². The van der Waals surface area contributed by atoms with Crippen LogP contribution in [0.5, 0.6) is 5.75 Å². The minimum absolute atomic E-state index is 0.388. The average molecular weight is 266 g/mol. The maximum atomic E-state index is 6.14. The summed E-state index contributed by atoms with van der Waals surface area (Å²) in [7, 11) is 3.47. The molecule has 1 aromatic carbocycles. The maximum absolute atomic E-state index is 6.14. The van der Waals surface area contributed by atoms with Gasteiger partial charge in [-0.2, -0.15) is 0 Å². The van der Waals surface area contributed by atoms with Crippen molar-refractivity contribution >= 4 is 17.5 Å². The maximum Gasteiger partial charge on any atom is 0.201 e. The van der Waals surface area contributed by atoms with Gasteiger partial charge in [0.2, 0.25) is 5.95 Å². The fraction of sp³-hybridized carbons (Fsp3) is 0.308. The van der Waals surface area contributed by atoms with Crippen molar-refractivity contribution in [3.63, 3.8) is 0 Å². The Morgan fingerprint density at radius 1 is 1.44 bits per heavy atom. The minimum atomic E-state index is 0.388. The fourth-order valence-electron chi connectivity index (χ4n) is 1.93. The molecule has 0 spiro atoms. The molecule has 2 rings (SSSR count). The van der Waals surface area contributed by atoms with Crippen LogP contribution in [0.3, 0.4) is 0 Å². The Labute approximate surface area is 111 Å². The molecule has 0 amide bonds. The predicted octanol–water partition coefficient (Wildman–Crippen LogP) is 2.89. The molecule has 0 saturated heterocycles. The molecule has 1 heterocycles. The predicted molar refractivity (Wildman–Crippen MR) is 74.0 cm³/mol. The van der Waals surface area contributed by atoms with Crippen LogP contribution in [0.4, 0.5) is 5.95 Å². The molecule has 18 heavy (non-hydrogen) atoms. The van der Waals surface area contributed by atoms with Gasteiger partial charge in [0.15, 0.2) is 5.15 Å². The van der Waals surface area contributed by atoms with E-state index < -0.39 is 0 Å². The molecule has 2 aromatic rings. The Balaban J connectivity index is 2.68. The first-order chi connectivity index (χ1) is 8.58. The van der Waals surface area contributed by atoms with Gasteiger partial charge in [-0.05, 0) is 24.1 Å². The molecule has 0 aliphatic heterocycles. The van der Waals surface area contributed by atoms with Crippen LogP contribution in [-0.4, -0.2) is 16.7 Å². The lowest BCUT2D eigenvalue weighted by Crippen LogP contribution is -2.00. The number of hydrogen-bond donors (Lipinski definition) is 1. The second-order valence-corrected chi connectivity index (χ2v) is 4.41. The minimum Gasteiger partial charge on any atom is -0.496 e. The van der Waals surface area contributed by atoms with E-state index in [1.807, 2.05) is 19.2 Å². The van der Waals surface area contributed by atoms with Crippen molar-refractivity contribution in [2.45, 2.75) is 13.3 Å². The summed E-state index contributed by atoms with van der Waals surface area (Å²) in [5, 5.41) is 0.390. The number of rotatable bonds is 3. The van der Waals surface area contributed by atoms with Crippen molar-refractivity contribution < 1.29 is 4.74 Å². The highest BCUT2D eigenvalue weighted by Gasteiger charge is 2.17. The molecule has 0 aliphatic rings. The van der Waals surface area contributed by atoms with E-state index in [-0.39, 0.29) is 0 Å².